The van der Waals surface area contributed by atoms with Crippen LogP contribution in [0.5, 0.6) is 5.75 Å². The smallest absolute Gasteiger partial charge is 0.267 e. The Balaban J connectivity index is 1.93. The number of carbonyl (C=O) groups excluding carboxylic acids is 2. The van der Waals surface area contributed by atoms with Gasteiger partial charge in [0.2, 0.25) is 0 Å². The predicted octanol–water partition coefficient (Wildman–Crippen LogP) is 6.87. The first-order valence-electron chi connectivity index (χ1n) is 12.8. The normalized spacial score (nSPS) is 11.8. The van der Waals surface area contributed by atoms with Gasteiger partial charge >= 0.3 is 0 Å². The number of aliphatic hydroxyl groups excluding tert-OH is 1. The van der Waals surface area contributed by atoms with Crippen LogP contribution in [-0.4, -0.2) is 59.3 Å². The van der Waals surface area contributed by atoms with Crippen LogP contribution in [0.3, 0.4) is 0 Å². The lowest BCUT2D eigenvalue weighted by atomic mass is 10.0. The number of hydrogen-bond acceptors (Lipinski definition) is 8. The molecule has 0 saturated carbocycles. The highest BCUT2D eigenvalue weighted by Crippen LogP contribution is 2.36. The van der Waals surface area contributed by atoms with Gasteiger partial charge in [-0.15, -0.1) is 11.3 Å². The Morgan fingerprint density at radius 1 is 1.17 bits per heavy atom. The number of thiophene rings is 1. The maximum atomic E-state index is 13.5. The molecule has 9 nitrogen and oxygen atoms in total. The largest absolute Gasteiger partial charge is 0.491 e. The highest BCUT2D eigenvalue weighted by atomic mass is 35.5. The van der Waals surface area contributed by atoms with E-state index in [0.29, 0.717) is 35.3 Å². The van der Waals surface area contributed by atoms with E-state index < -0.39 is 11.8 Å². The van der Waals surface area contributed by atoms with Gasteiger partial charge in [-0.25, -0.2) is 4.98 Å². The number of pyridine rings is 1. The number of aliphatic hydroxyl groups is 1. The number of halogens is 3. The molecule has 0 aliphatic heterocycles. The van der Waals surface area contributed by atoms with Crippen molar-refractivity contribution in [1.82, 2.24) is 9.88 Å². The van der Waals surface area contributed by atoms with Crippen LogP contribution in [0.4, 0.5) is 11.5 Å². The van der Waals surface area contributed by atoms with Gasteiger partial charge in [-0.2, -0.15) is 0 Å². The summed E-state index contributed by atoms with van der Waals surface area (Å²) in [5.41, 5.74) is 1.52. The molecule has 3 rings (SSSR count). The Labute approximate surface area is 258 Å². The zero-order valence-electron chi connectivity index (χ0n) is 22.9. The van der Waals surface area contributed by atoms with Crippen LogP contribution < -0.4 is 15.4 Å². The fourth-order valence-electron chi connectivity index (χ4n) is 3.77. The van der Waals surface area contributed by atoms with Crippen LogP contribution in [0.15, 0.2) is 35.8 Å². The van der Waals surface area contributed by atoms with Crippen LogP contribution in [-0.2, 0) is 6.54 Å². The van der Waals surface area contributed by atoms with Crippen molar-refractivity contribution < 1.29 is 19.4 Å². The third kappa shape index (κ3) is 9.66. The summed E-state index contributed by atoms with van der Waals surface area (Å²) in [6.45, 7) is 4.93. The zero-order valence-corrected chi connectivity index (χ0v) is 26.0. The van der Waals surface area contributed by atoms with Gasteiger partial charge in [0, 0.05) is 36.1 Å². The van der Waals surface area contributed by atoms with Crippen molar-refractivity contribution >= 4 is 75.2 Å². The molecule has 0 aliphatic carbocycles. The van der Waals surface area contributed by atoms with Gasteiger partial charge in [0.05, 0.1) is 34.5 Å². The second kappa shape index (κ2) is 15.5. The number of carbonyl (C=O) groups is 2. The Bertz CT molecular complexity index is 1380. The molecular weight excluding hydrogens is 609 g/mol. The van der Waals surface area contributed by atoms with Crippen molar-refractivity contribution in [3.63, 3.8) is 0 Å². The quantitative estimate of drug-likeness (QED) is 0.143. The molecule has 1 aromatic carbocycles. The molecule has 0 bridgehead atoms. The molecule has 2 aromatic heterocycles. The summed E-state index contributed by atoms with van der Waals surface area (Å²) in [5, 5.41) is 25.1. The molecule has 1 atom stereocenters. The predicted molar refractivity (Wildman–Crippen MR) is 167 cm³/mol. The van der Waals surface area contributed by atoms with E-state index in [2.05, 4.69) is 15.6 Å². The van der Waals surface area contributed by atoms with E-state index in [9.17, 15) is 14.7 Å². The molecule has 2 amide bonds. The van der Waals surface area contributed by atoms with Crippen molar-refractivity contribution in [2.45, 2.75) is 33.2 Å². The lowest BCUT2D eigenvalue weighted by Gasteiger charge is -2.19. The molecule has 4 N–H and O–H groups in total. The van der Waals surface area contributed by atoms with Crippen LogP contribution >= 0.6 is 46.1 Å². The second-order valence-electron chi connectivity index (χ2n) is 9.70. The first-order valence-corrected chi connectivity index (χ1v) is 14.8. The molecule has 3 aromatic rings. The Kier molecular flexibility index (Phi) is 12.4. The van der Waals surface area contributed by atoms with Crippen molar-refractivity contribution in [3.8, 4) is 5.75 Å². The molecule has 0 aliphatic rings. The average molecular weight is 641 g/mol. The van der Waals surface area contributed by atoms with E-state index in [4.69, 9.17) is 44.9 Å². The summed E-state index contributed by atoms with van der Waals surface area (Å²) >= 11 is 20.0. The van der Waals surface area contributed by atoms with Gasteiger partial charge in [0.15, 0.2) is 0 Å². The highest BCUT2D eigenvalue weighted by molar-refractivity contribution is 7.13. The topological polar surface area (TPSA) is 128 Å². The van der Waals surface area contributed by atoms with E-state index in [-0.39, 0.29) is 51.8 Å². The van der Waals surface area contributed by atoms with Crippen molar-refractivity contribution in [2.75, 3.05) is 37.4 Å². The van der Waals surface area contributed by atoms with E-state index in [1.807, 2.05) is 18.9 Å². The van der Waals surface area contributed by atoms with Crippen molar-refractivity contribution in [3.05, 3.63) is 66.9 Å². The van der Waals surface area contributed by atoms with Gasteiger partial charge in [0.25, 0.3) is 11.8 Å². The number of anilines is 2. The summed E-state index contributed by atoms with van der Waals surface area (Å²) in [6, 6.07) is 6.11. The molecule has 0 spiro atoms. The first-order chi connectivity index (χ1) is 19.5. The Hall–Kier alpha value is -2.73. The van der Waals surface area contributed by atoms with Gasteiger partial charge in [0.1, 0.15) is 16.4 Å². The van der Waals surface area contributed by atoms with E-state index >= 15 is 0 Å². The number of rotatable bonds is 14. The number of amides is 2. The number of aromatic nitrogens is 1. The fraction of sp³-hybridized carbons (Fsp3) is 0.357. The minimum Gasteiger partial charge on any atom is -0.491 e. The van der Waals surface area contributed by atoms with E-state index in [1.165, 1.54) is 29.7 Å². The monoisotopic (exact) mass is 639 g/mol. The van der Waals surface area contributed by atoms with Gasteiger partial charge in [-0.05, 0) is 61.9 Å². The third-order valence-corrected chi connectivity index (χ3v) is 8.00. The minimum absolute atomic E-state index is 0.000909. The standard InChI is InChI=1S/C28H32Cl3N5O4S/c1-16(4-5-17(2)32)14-40-22-11-20(30)10-21(27(38)34-23-7-6-19(29)12-33-23)25(22)35-28(39)26-24(31)18(15-41-26)13-36(3)8-9-37/h6-7,10-12,15-16,32,37H,4-5,8-9,13-14H2,1-3H3,(H,35,39)(H,33,34,38). The van der Waals surface area contributed by atoms with E-state index in [1.54, 1.807) is 24.4 Å². The van der Waals surface area contributed by atoms with Gasteiger partial charge in [-0.3, -0.25) is 14.5 Å². The van der Waals surface area contributed by atoms with Crippen LogP contribution in [0, 0.1) is 11.3 Å². The van der Waals surface area contributed by atoms with Crippen LogP contribution in [0.25, 0.3) is 0 Å². The minimum atomic E-state index is -0.571. The molecule has 1 unspecified atom stereocenters. The summed E-state index contributed by atoms with van der Waals surface area (Å²) < 4.78 is 6.08. The summed E-state index contributed by atoms with van der Waals surface area (Å²) in [6.07, 6.45) is 2.78. The Morgan fingerprint density at radius 3 is 2.59 bits per heavy atom. The number of hydrogen-bond donors (Lipinski definition) is 4. The number of likely N-dealkylation sites (N-methyl/N-ethyl adjacent to an activating group) is 1. The van der Waals surface area contributed by atoms with E-state index in [0.717, 1.165) is 12.0 Å². The summed E-state index contributed by atoms with van der Waals surface area (Å²) in [5.74, 6) is -0.520. The second-order valence-corrected chi connectivity index (χ2v) is 11.8. The fourth-order valence-corrected chi connectivity index (χ4v) is 5.33. The first kappa shape index (κ1) is 32.8. The average Bonchev–Trinajstić information content (AvgIpc) is 3.28. The van der Waals surface area contributed by atoms with Gasteiger partial charge < -0.3 is 25.9 Å². The molecule has 0 radical (unpaired) electrons. The Morgan fingerprint density at radius 2 is 1.93 bits per heavy atom. The number of nitrogens with zero attached hydrogens (tertiary/aromatic N) is 2. The number of nitrogens with one attached hydrogen (secondary N) is 3. The SMILES string of the molecule is CC(=N)CCC(C)COc1cc(Cl)cc(C(=O)Nc2ccc(Cl)cn2)c1NC(=O)c1scc(CN(C)CCO)c1Cl. The van der Waals surface area contributed by atoms with Crippen LogP contribution in [0.1, 0.15) is 52.3 Å². The molecule has 220 valence electrons. The molecule has 0 fully saturated rings. The lowest BCUT2D eigenvalue weighted by molar-refractivity contribution is 0.102. The van der Waals surface area contributed by atoms with Gasteiger partial charge in [-0.1, -0.05) is 41.7 Å². The lowest BCUT2D eigenvalue weighted by Crippen LogP contribution is -2.21. The zero-order chi connectivity index (χ0) is 30.1. The molecular formula is C28H32Cl3N5O4S. The number of ether oxygens (including phenoxy) is 1. The molecule has 2 heterocycles. The maximum Gasteiger partial charge on any atom is 0.267 e. The molecule has 41 heavy (non-hydrogen) atoms. The maximum absolute atomic E-state index is 13.5. The number of benzene rings is 1. The van der Waals surface area contributed by atoms with Crippen molar-refractivity contribution in [2.24, 2.45) is 5.92 Å². The molecule has 0 saturated heterocycles. The summed E-state index contributed by atoms with van der Waals surface area (Å²) in [7, 11) is 1.84. The van der Waals surface area contributed by atoms with Crippen LogP contribution in [0.2, 0.25) is 15.1 Å². The van der Waals surface area contributed by atoms with Crippen molar-refractivity contribution in [1.29, 1.82) is 5.41 Å². The summed E-state index contributed by atoms with van der Waals surface area (Å²) in [4.78, 5) is 33.1. The molecule has 13 heteroatoms. The third-order valence-electron chi connectivity index (χ3n) is 5.98. The highest BCUT2D eigenvalue weighted by Gasteiger charge is 2.24.